The first-order valence-electron chi connectivity index (χ1n) is 12.5. The molecule has 190 valence electrons. The molecular formula is C27H31N9O. The van der Waals surface area contributed by atoms with Gasteiger partial charge in [-0.3, -0.25) is 20.1 Å². The zero-order valence-electron chi connectivity index (χ0n) is 21.4. The van der Waals surface area contributed by atoms with E-state index in [1.807, 2.05) is 44.9 Å². The van der Waals surface area contributed by atoms with Crippen LogP contribution >= 0.6 is 0 Å². The van der Waals surface area contributed by atoms with Gasteiger partial charge in [0.1, 0.15) is 18.1 Å². The highest BCUT2D eigenvalue weighted by molar-refractivity contribution is 6.00. The quantitative estimate of drug-likeness (QED) is 0.353. The number of pyridine rings is 3. The molecule has 0 saturated carbocycles. The summed E-state index contributed by atoms with van der Waals surface area (Å²) in [4.78, 5) is 23.9. The number of aromatic nitrogens is 6. The van der Waals surface area contributed by atoms with Gasteiger partial charge < -0.3 is 24.4 Å². The third kappa shape index (κ3) is 4.73. The fraction of sp³-hybridized carbons (Fsp3) is 0.333. The summed E-state index contributed by atoms with van der Waals surface area (Å²) in [5.41, 5.74) is 6.55. The number of hydrogen-bond donors (Lipinski definition) is 2. The lowest BCUT2D eigenvalue weighted by atomic mass is 10.1. The molecule has 0 amide bonds. The van der Waals surface area contributed by atoms with Gasteiger partial charge in [0.25, 0.3) is 0 Å². The number of nitrogens with one attached hydrogen (secondary N) is 2. The lowest BCUT2D eigenvalue weighted by Crippen LogP contribution is -2.44. The lowest BCUT2D eigenvalue weighted by molar-refractivity contribution is 0.261. The zero-order valence-corrected chi connectivity index (χ0v) is 21.4. The molecule has 2 N–H and O–H groups in total. The Morgan fingerprint density at radius 1 is 0.919 bits per heavy atom. The van der Waals surface area contributed by atoms with Crippen LogP contribution in [0.1, 0.15) is 0 Å². The largest absolute Gasteiger partial charge is 0.491 e. The third-order valence-electron chi connectivity index (χ3n) is 6.89. The molecule has 1 aliphatic rings. The second-order valence-electron chi connectivity index (χ2n) is 9.84. The highest BCUT2D eigenvalue weighted by Crippen LogP contribution is 2.34. The maximum atomic E-state index is 5.88. The summed E-state index contributed by atoms with van der Waals surface area (Å²) >= 11 is 0. The molecule has 5 aromatic rings. The van der Waals surface area contributed by atoms with Gasteiger partial charge >= 0.3 is 0 Å². The van der Waals surface area contributed by atoms with Crippen LogP contribution in [0.2, 0.25) is 0 Å². The average Bonchev–Trinajstić information content (AvgIpc) is 3.53. The number of rotatable bonds is 7. The van der Waals surface area contributed by atoms with Crippen LogP contribution in [0.4, 0.5) is 5.69 Å². The average molecular weight is 498 g/mol. The van der Waals surface area contributed by atoms with Gasteiger partial charge in [0.05, 0.1) is 52.9 Å². The Morgan fingerprint density at radius 2 is 1.76 bits per heavy atom. The number of likely N-dealkylation sites (N-methyl/N-ethyl adjacent to an activating group) is 2. The SMILES string of the molecule is CN(C)CCOc1cncc(-c2cc3c(-c4cc5c(N6CCN(C)CC6)cncc5[nH]4)n[nH]c3cn2)c1. The second-order valence-corrected chi connectivity index (χ2v) is 9.84. The van der Waals surface area contributed by atoms with E-state index in [1.54, 1.807) is 6.20 Å². The van der Waals surface area contributed by atoms with Gasteiger partial charge in [-0.25, -0.2) is 0 Å². The van der Waals surface area contributed by atoms with Crippen LogP contribution in [0, 0.1) is 0 Å². The summed E-state index contributed by atoms with van der Waals surface area (Å²) in [6.07, 6.45) is 9.21. The first-order chi connectivity index (χ1) is 18.0. The number of hydrogen-bond acceptors (Lipinski definition) is 8. The van der Waals surface area contributed by atoms with Gasteiger partial charge in [0.15, 0.2) is 0 Å². The van der Waals surface area contributed by atoms with Crippen LogP contribution < -0.4 is 9.64 Å². The molecule has 6 heterocycles. The van der Waals surface area contributed by atoms with E-state index in [2.05, 4.69) is 64.0 Å². The summed E-state index contributed by atoms with van der Waals surface area (Å²) in [6, 6.07) is 6.22. The first-order valence-corrected chi connectivity index (χ1v) is 12.5. The normalized spacial score (nSPS) is 14.8. The summed E-state index contributed by atoms with van der Waals surface area (Å²) in [6.45, 7) is 5.51. The van der Waals surface area contributed by atoms with Crippen molar-refractivity contribution in [3.8, 4) is 28.4 Å². The molecule has 0 bridgehead atoms. The van der Waals surface area contributed by atoms with E-state index in [0.29, 0.717) is 6.61 Å². The monoisotopic (exact) mass is 497 g/mol. The van der Waals surface area contributed by atoms with E-state index >= 15 is 0 Å². The van der Waals surface area contributed by atoms with E-state index in [4.69, 9.17) is 4.74 Å². The van der Waals surface area contributed by atoms with Gasteiger partial charge in [0.2, 0.25) is 0 Å². The molecule has 0 radical (unpaired) electrons. The van der Waals surface area contributed by atoms with E-state index < -0.39 is 0 Å². The van der Waals surface area contributed by atoms with Crippen molar-refractivity contribution in [1.82, 2.24) is 39.9 Å². The standard InChI is InChI=1S/C27H31N9O/c1-34(2)8-9-37-19-10-18(13-28-14-19)22-12-21-25(16-30-22)32-33-27(21)23-11-20-24(31-23)15-29-17-26(20)36-6-4-35(3)5-7-36/h10-17,31H,4-9H2,1-3H3,(H,32,33). The highest BCUT2D eigenvalue weighted by Gasteiger charge is 2.19. The van der Waals surface area contributed by atoms with Crippen LogP contribution in [0.3, 0.4) is 0 Å². The minimum atomic E-state index is 0.599. The number of nitrogens with zero attached hydrogens (tertiary/aromatic N) is 7. The van der Waals surface area contributed by atoms with E-state index in [-0.39, 0.29) is 0 Å². The number of ether oxygens (including phenoxy) is 1. The molecule has 37 heavy (non-hydrogen) atoms. The molecule has 0 spiro atoms. The first kappa shape index (κ1) is 23.4. The molecular weight excluding hydrogens is 466 g/mol. The number of aromatic amines is 2. The van der Waals surface area contributed by atoms with Gasteiger partial charge in [-0.1, -0.05) is 0 Å². The molecule has 0 aliphatic carbocycles. The Labute approximate surface area is 215 Å². The maximum Gasteiger partial charge on any atom is 0.138 e. The van der Waals surface area contributed by atoms with Crippen molar-refractivity contribution in [2.45, 2.75) is 0 Å². The topological polar surface area (TPSA) is 102 Å². The molecule has 6 rings (SSSR count). The van der Waals surface area contributed by atoms with Crippen molar-refractivity contribution < 1.29 is 4.74 Å². The summed E-state index contributed by atoms with van der Waals surface area (Å²) in [5.74, 6) is 0.730. The fourth-order valence-corrected chi connectivity index (χ4v) is 4.73. The Morgan fingerprint density at radius 3 is 2.59 bits per heavy atom. The minimum absolute atomic E-state index is 0.599. The van der Waals surface area contributed by atoms with Crippen LogP contribution in [0.5, 0.6) is 5.75 Å². The van der Waals surface area contributed by atoms with Crippen LogP contribution in [-0.2, 0) is 0 Å². The molecule has 1 fully saturated rings. The number of anilines is 1. The highest BCUT2D eigenvalue weighted by atomic mass is 16.5. The van der Waals surface area contributed by atoms with Gasteiger partial charge in [-0.05, 0) is 39.3 Å². The molecule has 0 unspecified atom stereocenters. The third-order valence-corrected chi connectivity index (χ3v) is 6.89. The Bertz CT molecular complexity index is 1530. The van der Waals surface area contributed by atoms with E-state index in [1.165, 1.54) is 0 Å². The zero-order chi connectivity index (χ0) is 25.4. The smallest absolute Gasteiger partial charge is 0.138 e. The second kappa shape index (κ2) is 9.79. The van der Waals surface area contributed by atoms with Gasteiger partial charge in [-0.2, -0.15) is 5.10 Å². The van der Waals surface area contributed by atoms with Crippen molar-refractivity contribution in [2.24, 2.45) is 0 Å². The van der Waals surface area contributed by atoms with Crippen molar-refractivity contribution in [3.63, 3.8) is 0 Å². The maximum absolute atomic E-state index is 5.88. The number of H-pyrrole nitrogens is 2. The minimum Gasteiger partial charge on any atom is -0.491 e. The van der Waals surface area contributed by atoms with E-state index in [9.17, 15) is 0 Å². The Kier molecular flexibility index (Phi) is 6.19. The van der Waals surface area contributed by atoms with Gasteiger partial charge in [0, 0.05) is 55.3 Å². The Hall–Kier alpha value is -4.02. The Balaban J connectivity index is 1.33. The molecule has 10 heteroatoms. The summed E-state index contributed by atoms with van der Waals surface area (Å²) in [7, 11) is 6.22. The predicted molar refractivity (Wildman–Crippen MR) is 146 cm³/mol. The van der Waals surface area contributed by atoms with Crippen molar-refractivity contribution in [1.29, 1.82) is 0 Å². The molecule has 0 aromatic carbocycles. The van der Waals surface area contributed by atoms with Crippen LogP contribution in [-0.4, -0.2) is 100 Å². The van der Waals surface area contributed by atoms with Crippen molar-refractivity contribution in [2.75, 3.05) is 65.4 Å². The van der Waals surface area contributed by atoms with Crippen molar-refractivity contribution in [3.05, 3.63) is 49.2 Å². The number of fused-ring (bicyclic) bond motifs is 2. The van der Waals surface area contributed by atoms with Gasteiger partial charge in [-0.15, -0.1) is 0 Å². The molecule has 10 nitrogen and oxygen atoms in total. The predicted octanol–water partition coefficient (Wildman–Crippen LogP) is 3.26. The molecule has 5 aromatic heterocycles. The van der Waals surface area contributed by atoms with E-state index in [0.717, 1.165) is 88.6 Å². The van der Waals surface area contributed by atoms with Crippen LogP contribution in [0.15, 0.2) is 49.2 Å². The van der Waals surface area contributed by atoms with Crippen molar-refractivity contribution >= 4 is 27.5 Å². The molecule has 1 saturated heterocycles. The summed E-state index contributed by atoms with van der Waals surface area (Å²) < 4.78 is 5.88. The number of piperazine rings is 1. The molecule has 1 aliphatic heterocycles. The van der Waals surface area contributed by atoms with Crippen LogP contribution in [0.25, 0.3) is 44.5 Å². The lowest BCUT2D eigenvalue weighted by Gasteiger charge is -2.34. The molecule has 0 atom stereocenters. The fourth-order valence-electron chi connectivity index (χ4n) is 4.73. The summed E-state index contributed by atoms with van der Waals surface area (Å²) in [5, 5.41) is 9.92.